The van der Waals surface area contributed by atoms with Gasteiger partial charge in [0.05, 0.1) is 5.69 Å². The molecule has 0 amide bonds. The molecule has 0 aliphatic heterocycles. The quantitative estimate of drug-likeness (QED) is 0.171. The van der Waals surface area contributed by atoms with Crippen LogP contribution in [-0.4, -0.2) is 0 Å². The van der Waals surface area contributed by atoms with Crippen molar-refractivity contribution in [2.75, 3.05) is 4.90 Å². The van der Waals surface area contributed by atoms with E-state index in [1.54, 1.807) is 0 Å². The molecular weight excluding hydrogens is 599 g/mol. The van der Waals surface area contributed by atoms with Crippen molar-refractivity contribution >= 4 is 71.6 Å². The molecule has 0 N–H and O–H groups in total. The summed E-state index contributed by atoms with van der Waals surface area (Å²) in [5, 5.41) is 6.79. The van der Waals surface area contributed by atoms with E-state index in [1.165, 1.54) is 10.8 Å². The van der Waals surface area contributed by atoms with Gasteiger partial charge in [0, 0.05) is 49.6 Å². The van der Waals surface area contributed by atoms with E-state index < -0.39 is 0 Å². The number of fused-ring (bicyclic) bond motifs is 7. The highest BCUT2D eigenvalue weighted by Crippen LogP contribution is 2.44. The number of furan rings is 2. The standard InChI is InChI=1S/C46H33NO2/c1-3-14-35(38-21-13-22-39-40-27-32-17-7-8-18-33(32)28-45(40)49-46(38)39)30(2)47(42-23-11-9-19-36(42)31-15-5-4-6-16-31)34-25-26-44-41(29-34)37-20-10-12-24-43(37)48-44/h3-29H,1-2H3/b14-3-,35-30-. The number of hydrogen-bond acceptors (Lipinski definition) is 3. The van der Waals surface area contributed by atoms with Crippen LogP contribution in [0.1, 0.15) is 19.4 Å². The van der Waals surface area contributed by atoms with Gasteiger partial charge in [0.2, 0.25) is 0 Å². The van der Waals surface area contributed by atoms with Crippen molar-refractivity contribution in [2.45, 2.75) is 13.8 Å². The molecule has 0 bridgehead atoms. The lowest BCUT2D eigenvalue weighted by molar-refractivity contribution is 0.668. The minimum atomic E-state index is 0.871. The van der Waals surface area contributed by atoms with Crippen molar-refractivity contribution in [3.05, 3.63) is 175 Å². The molecule has 0 aliphatic carbocycles. The number of rotatable bonds is 6. The normalized spacial score (nSPS) is 12.5. The maximum Gasteiger partial charge on any atom is 0.143 e. The average Bonchev–Trinajstić information content (AvgIpc) is 3.71. The van der Waals surface area contributed by atoms with Gasteiger partial charge in [0.15, 0.2) is 0 Å². The number of para-hydroxylation sites is 3. The summed E-state index contributed by atoms with van der Waals surface area (Å²) in [4.78, 5) is 2.38. The molecule has 2 heterocycles. The number of anilines is 2. The Balaban J connectivity index is 1.33. The molecule has 0 saturated heterocycles. The van der Waals surface area contributed by atoms with E-state index in [-0.39, 0.29) is 0 Å². The van der Waals surface area contributed by atoms with Gasteiger partial charge in [-0.2, -0.15) is 0 Å². The largest absolute Gasteiger partial charge is 0.456 e. The predicted molar refractivity (Wildman–Crippen MR) is 206 cm³/mol. The van der Waals surface area contributed by atoms with E-state index >= 15 is 0 Å². The summed E-state index contributed by atoms with van der Waals surface area (Å²) >= 11 is 0. The van der Waals surface area contributed by atoms with Gasteiger partial charge in [0.25, 0.3) is 0 Å². The maximum absolute atomic E-state index is 6.75. The zero-order valence-electron chi connectivity index (χ0n) is 27.4. The molecule has 0 saturated carbocycles. The zero-order valence-corrected chi connectivity index (χ0v) is 27.4. The highest BCUT2D eigenvalue weighted by molar-refractivity contribution is 6.13. The molecule has 2 aromatic heterocycles. The third kappa shape index (κ3) is 4.82. The van der Waals surface area contributed by atoms with Crippen LogP contribution < -0.4 is 4.90 Å². The van der Waals surface area contributed by atoms with Crippen molar-refractivity contribution < 1.29 is 8.83 Å². The first-order valence-electron chi connectivity index (χ1n) is 16.7. The van der Waals surface area contributed by atoms with Gasteiger partial charge in [-0.05, 0) is 72.6 Å². The highest BCUT2D eigenvalue weighted by Gasteiger charge is 2.22. The smallest absolute Gasteiger partial charge is 0.143 e. The monoisotopic (exact) mass is 631 g/mol. The molecule has 0 fully saturated rings. The summed E-state index contributed by atoms with van der Waals surface area (Å²) < 4.78 is 13.0. The lowest BCUT2D eigenvalue weighted by atomic mass is 9.97. The van der Waals surface area contributed by atoms with Crippen LogP contribution in [0, 0.1) is 0 Å². The van der Waals surface area contributed by atoms with Crippen LogP contribution in [0.15, 0.2) is 178 Å². The fourth-order valence-electron chi connectivity index (χ4n) is 7.28. The lowest BCUT2D eigenvalue weighted by Gasteiger charge is -2.30. The van der Waals surface area contributed by atoms with Crippen molar-refractivity contribution in [2.24, 2.45) is 0 Å². The maximum atomic E-state index is 6.75. The van der Waals surface area contributed by atoms with E-state index in [0.29, 0.717) is 0 Å². The Labute approximate surface area is 284 Å². The van der Waals surface area contributed by atoms with Crippen molar-refractivity contribution in [1.29, 1.82) is 0 Å². The SMILES string of the molecule is C/C=C\C(=C(/C)N(c1ccc2oc3ccccc3c2c1)c1ccccc1-c1ccccc1)c1cccc2c1oc1cc3ccccc3cc12. The van der Waals surface area contributed by atoms with Crippen molar-refractivity contribution in [1.82, 2.24) is 0 Å². The average molecular weight is 632 g/mol. The first kappa shape index (κ1) is 28.9. The molecule has 0 aliphatic rings. The Morgan fingerprint density at radius 3 is 2.10 bits per heavy atom. The van der Waals surface area contributed by atoms with E-state index in [0.717, 1.165) is 83.2 Å². The third-order valence-corrected chi connectivity index (χ3v) is 9.56. The van der Waals surface area contributed by atoms with Crippen molar-refractivity contribution in [3.8, 4) is 11.1 Å². The molecule has 9 aromatic rings. The van der Waals surface area contributed by atoms with Gasteiger partial charge in [-0.25, -0.2) is 0 Å². The molecule has 7 aromatic carbocycles. The Kier molecular flexibility index (Phi) is 6.91. The minimum absolute atomic E-state index is 0.871. The fourth-order valence-corrected chi connectivity index (χ4v) is 7.28. The topological polar surface area (TPSA) is 29.5 Å². The molecule has 3 heteroatoms. The van der Waals surface area contributed by atoms with Gasteiger partial charge in [-0.1, -0.05) is 121 Å². The molecule has 234 valence electrons. The molecule has 49 heavy (non-hydrogen) atoms. The predicted octanol–water partition coefficient (Wildman–Crippen LogP) is 13.5. The lowest BCUT2D eigenvalue weighted by Crippen LogP contribution is -2.17. The van der Waals surface area contributed by atoms with Crippen molar-refractivity contribution in [3.63, 3.8) is 0 Å². The molecule has 0 unspecified atom stereocenters. The van der Waals surface area contributed by atoms with E-state index in [9.17, 15) is 0 Å². The third-order valence-electron chi connectivity index (χ3n) is 9.56. The second-order valence-corrected chi connectivity index (χ2v) is 12.5. The van der Waals surface area contributed by atoms with Gasteiger partial charge in [-0.15, -0.1) is 0 Å². The van der Waals surface area contributed by atoms with Crippen LogP contribution >= 0.6 is 0 Å². The summed E-state index contributed by atoms with van der Waals surface area (Å²) in [5.41, 5.74) is 11.2. The molecule has 0 atom stereocenters. The zero-order chi connectivity index (χ0) is 32.9. The number of nitrogens with zero attached hydrogens (tertiary/aromatic N) is 1. The summed E-state index contributed by atoms with van der Waals surface area (Å²) in [5.74, 6) is 0. The second-order valence-electron chi connectivity index (χ2n) is 12.5. The first-order valence-corrected chi connectivity index (χ1v) is 16.7. The molecule has 0 spiro atoms. The van der Waals surface area contributed by atoms with E-state index in [1.807, 2.05) is 12.1 Å². The summed E-state index contributed by atoms with van der Waals surface area (Å²) in [6.45, 7) is 4.29. The number of hydrogen-bond donors (Lipinski definition) is 0. The fraction of sp³-hybridized carbons (Fsp3) is 0.0435. The summed E-state index contributed by atoms with van der Waals surface area (Å²) in [6.07, 6.45) is 4.32. The van der Waals surface area contributed by atoms with Crippen LogP contribution in [-0.2, 0) is 0 Å². The summed E-state index contributed by atoms with van der Waals surface area (Å²) in [6, 6.07) is 53.4. The Bertz CT molecular complexity index is 2740. The van der Waals surface area contributed by atoms with Crippen LogP contribution in [0.5, 0.6) is 0 Å². The van der Waals surface area contributed by atoms with Crippen LogP contribution in [0.3, 0.4) is 0 Å². The molecule has 9 rings (SSSR count). The van der Waals surface area contributed by atoms with E-state index in [4.69, 9.17) is 8.83 Å². The molecule has 3 nitrogen and oxygen atoms in total. The van der Waals surface area contributed by atoms with Gasteiger partial charge in [0.1, 0.15) is 22.3 Å². The number of allylic oxidation sites excluding steroid dienone is 4. The molecular formula is C46H33NO2. The Morgan fingerprint density at radius 2 is 1.24 bits per heavy atom. The van der Waals surface area contributed by atoms with Gasteiger partial charge >= 0.3 is 0 Å². The first-order chi connectivity index (χ1) is 24.2. The Morgan fingerprint density at radius 1 is 0.551 bits per heavy atom. The van der Waals surface area contributed by atoms with Crippen LogP contribution in [0.4, 0.5) is 11.4 Å². The summed E-state index contributed by atoms with van der Waals surface area (Å²) in [7, 11) is 0. The van der Waals surface area contributed by atoms with Crippen LogP contribution in [0.25, 0.3) is 71.3 Å². The second kappa shape index (κ2) is 11.7. The van der Waals surface area contributed by atoms with Gasteiger partial charge in [-0.3, -0.25) is 0 Å². The van der Waals surface area contributed by atoms with E-state index in [2.05, 4.69) is 170 Å². The minimum Gasteiger partial charge on any atom is -0.456 e. The van der Waals surface area contributed by atoms with Gasteiger partial charge < -0.3 is 13.7 Å². The Hall–Kier alpha value is -6.32. The number of benzene rings is 7. The van der Waals surface area contributed by atoms with Crippen LogP contribution in [0.2, 0.25) is 0 Å². The molecule has 0 radical (unpaired) electrons. The highest BCUT2D eigenvalue weighted by atomic mass is 16.3.